The number of aliphatic hydroxyl groups is 2. The zero-order chi connectivity index (χ0) is 11.8. The van der Waals surface area contributed by atoms with Crippen molar-refractivity contribution in [1.82, 2.24) is 4.98 Å². The maximum absolute atomic E-state index is 9.02. The van der Waals surface area contributed by atoms with E-state index in [9.17, 15) is 0 Å². The molecule has 0 saturated carbocycles. The molecule has 1 aromatic rings. The average Bonchev–Trinajstić information content (AvgIpc) is 2.34. The highest BCUT2D eigenvalue weighted by atomic mass is 16.3. The maximum Gasteiger partial charge on any atom is 0.128 e. The van der Waals surface area contributed by atoms with Gasteiger partial charge in [-0.25, -0.2) is 4.98 Å². The Morgan fingerprint density at radius 2 is 2.06 bits per heavy atom. The highest BCUT2D eigenvalue weighted by molar-refractivity contribution is 5.39. The van der Waals surface area contributed by atoms with Crippen LogP contribution in [-0.4, -0.2) is 34.9 Å². The van der Waals surface area contributed by atoms with Crippen LogP contribution in [0.15, 0.2) is 18.2 Å². The molecule has 16 heavy (non-hydrogen) atoms. The summed E-state index contributed by atoms with van der Waals surface area (Å²) < 4.78 is 0. The number of nitrogens with zero attached hydrogens (tertiary/aromatic N) is 2. The lowest BCUT2D eigenvalue weighted by Crippen LogP contribution is -2.28. The Morgan fingerprint density at radius 1 is 1.25 bits per heavy atom. The van der Waals surface area contributed by atoms with Crippen LogP contribution < -0.4 is 4.90 Å². The molecule has 0 spiro atoms. The summed E-state index contributed by atoms with van der Waals surface area (Å²) in [5, 5.41) is 18.0. The lowest BCUT2D eigenvalue weighted by atomic mass is 10.3. The molecule has 4 nitrogen and oxygen atoms in total. The predicted octanol–water partition coefficient (Wildman–Crippen LogP) is 1.17. The van der Waals surface area contributed by atoms with Crippen molar-refractivity contribution in [3.8, 4) is 0 Å². The van der Waals surface area contributed by atoms with Gasteiger partial charge < -0.3 is 15.1 Å². The van der Waals surface area contributed by atoms with Crippen molar-refractivity contribution in [1.29, 1.82) is 0 Å². The minimum atomic E-state index is -0.0470. The number of anilines is 1. The number of rotatable bonds is 7. The predicted molar refractivity (Wildman–Crippen MR) is 64.4 cm³/mol. The first kappa shape index (κ1) is 12.9. The van der Waals surface area contributed by atoms with Gasteiger partial charge in [-0.05, 0) is 18.6 Å². The van der Waals surface area contributed by atoms with E-state index >= 15 is 0 Å². The van der Waals surface area contributed by atoms with Gasteiger partial charge in [0.15, 0.2) is 0 Å². The van der Waals surface area contributed by atoms with E-state index in [-0.39, 0.29) is 13.2 Å². The number of aromatic nitrogens is 1. The van der Waals surface area contributed by atoms with Crippen molar-refractivity contribution >= 4 is 5.82 Å². The molecule has 1 rings (SSSR count). The summed E-state index contributed by atoms with van der Waals surface area (Å²) in [5.41, 5.74) is 0.664. The lowest BCUT2D eigenvalue weighted by Gasteiger charge is -2.22. The van der Waals surface area contributed by atoms with Crippen LogP contribution in [0.25, 0.3) is 0 Å². The molecule has 0 saturated heterocycles. The van der Waals surface area contributed by atoms with Crippen molar-refractivity contribution in [2.45, 2.75) is 26.4 Å². The van der Waals surface area contributed by atoms with Crippen molar-refractivity contribution in [3.63, 3.8) is 0 Å². The Labute approximate surface area is 96.6 Å². The van der Waals surface area contributed by atoms with Crippen molar-refractivity contribution in [2.75, 3.05) is 24.6 Å². The minimum Gasteiger partial charge on any atom is -0.395 e. The summed E-state index contributed by atoms with van der Waals surface area (Å²) in [6, 6.07) is 5.58. The quantitative estimate of drug-likeness (QED) is 0.730. The highest BCUT2D eigenvalue weighted by Gasteiger charge is 2.06. The van der Waals surface area contributed by atoms with Crippen molar-refractivity contribution in [3.05, 3.63) is 23.9 Å². The van der Waals surface area contributed by atoms with E-state index in [2.05, 4.69) is 11.9 Å². The third-order valence-electron chi connectivity index (χ3n) is 2.43. The summed E-state index contributed by atoms with van der Waals surface area (Å²) >= 11 is 0. The van der Waals surface area contributed by atoms with E-state index in [1.807, 2.05) is 17.0 Å². The molecular formula is C12H20N2O2. The van der Waals surface area contributed by atoms with E-state index < -0.39 is 0 Å². The largest absolute Gasteiger partial charge is 0.395 e. The normalized spacial score (nSPS) is 10.4. The van der Waals surface area contributed by atoms with Gasteiger partial charge in [0.1, 0.15) is 5.82 Å². The number of unbranched alkanes of at least 4 members (excludes halogenated alkanes) is 1. The van der Waals surface area contributed by atoms with Gasteiger partial charge in [-0.3, -0.25) is 0 Å². The maximum atomic E-state index is 9.02. The molecule has 0 aliphatic rings. The van der Waals surface area contributed by atoms with Crippen LogP contribution in [0.1, 0.15) is 25.5 Å². The van der Waals surface area contributed by atoms with Crippen LogP contribution in [0.2, 0.25) is 0 Å². The molecule has 0 aliphatic carbocycles. The zero-order valence-corrected chi connectivity index (χ0v) is 9.76. The summed E-state index contributed by atoms with van der Waals surface area (Å²) in [7, 11) is 0. The Bertz CT molecular complexity index is 305. The van der Waals surface area contributed by atoms with E-state index in [4.69, 9.17) is 10.2 Å². The third-order valence-corrected chi connectivity index (χ3v) is 2.43. The third kappa shape index (κ3) is 3.79. The van der Waals surface area contributed by atoms with E-state index in [1.54, 1.807) is 6.07 Å². The van der Waals surface area contributed by atoms with Crippen LogP contribution in [0, 0.1) is 0 Å². The Morgan fingerprint density at radius 3 is 2.69 bits per heavy atom. The highest BCUT2D eigenvalue weighted by Crippen LogP contribution is 2.12. The Balaban J connectivity index is 2.73. The molecule has 0 bridgehead atoms. The lowest BCUT2D eigenvalue weighted by molar-refractivity contribution is 0.276. The Kier molecular flexibility index (Phi) is 5.82. The molecule has 0 aromatic carbocycles. The van der Waals surface area contributed by atoms with Crippen molar-refractivity contribution < 1.29 is 10.2 Å². The molecule has 1 heterocycles. The first-order valence-corrected chi connectivity index (χ1v) is 5.74. The van der Waals surface area contributed by atoms with E-state index in [0.717, 1.165) is 25.2 Å². The monoisotopic (exact) mass is 224 g/mol. The zero-order valence-electron chi connectivity index (χ0n) is 9.76. The fourth-order valence-corrected chi connectivity index (χ4v) is 1.54. The molecule has 1 aromatic heterocycles. The van der Waals surface area contributed by atoms with Gasteiger partial charge in [0.25, 0.3) is 0 Å². The molecule has 4 heteroatoms. The first-order valence-electron chi connectivity index (χ1n) is 5.74. The number of pyridine rings is 1. The second kappa shape index (κ2) is 7.19. The fourth-order valence-electron chi connectivity index (χ4n) is 1.54. The summed E-state index contributed by atoms with van der Waals surface area (Å²) in [6.07, 6.45) is 2.19. The molecular weight excluding hydrogens is 204 g/mol. The Hall–Kier alpha value is -1.13. The standard InChI is InChI=1S/C12H20N2O2/c1-2-3-7-14(8-9-15)12-6-4-5-11(10-16)13-12/h4-6,15-16H,2-3,7-10H2,1H3. The van der Waals surface area contributed by atoms with Gasteiger partial charge in [0, 0.05) is 13.1 Å². The molecule has 0 fully saturated rings. The summed E-state index contributed by atoms with van der Waals surface area (Å²) in [5.74, 6) is 0.828. The van der Waals surface area contributed by atoms with E-state index in [1.165, 1.54) is 0 Å². The molecule has 0 amide bonds. The summed E-state index contributed by atoms with van der Waals surface area (Å²) in [4.78, 5) is 6.37. The molecule has 0 unspecified atom stereocenters. The van der Waals surface area contributed by atoms with Crippen molar-refractivity contribution in [2.24, 2.45) is 0 Å². The van der Waals surface area contributed by atoms with Crippen LogP contribution in [-0.2, 0) is 6.61 Å². The molecule has 0 aliphatic heterocycles. The molecule has 90 valence electrons. The second-order valence-corrected chi connectivity index (χ2v) is 3.71. The number of aliphatic hydroxyl groups excluding tert-OH is 2. The van der Waals surface area contributed by atoms with E-state index in [0.29, 0.717) is 12.2 Å². The second-order valence-electron chi connectivity index (χ2n) is 3.71. The van der Waals surface area contributed by atoms with Crippen LogP contribution >= 0.6 is 0 Å². The molecule has 0 atom stereocenters. The SMILES string of the molecule is CCCCN(CCO)c1cccc(CO)n1. The number of hydrogen-bond acceptors (Lipinski definition) is 4. The van der Waals surface area contributed by atoms with Crippen LogP contribution in [0.4, 0.5) is 5.82 Å². The average molecular weight is 224 g/mol. The number of hydrogen-bond donors (Lipinski definition) is 2. The van der Waals surface area contributed by atoms with Gasteiger partial charge in [-0.15, -0.1) is 0 Å². The van der Waals surface area contributed by atoms with Crippen LogP contribution in [0.5, 0.6) is 0 Å². The van der Waals surface area contributed by atoms with Gasteiger partial charge in [0.2, 0.25) is 0 Å². The van der Waals surface area contributed by atoms with Gasteiger partial charge >= 0.3 is 0 Å². The fraction of sp³-hybridized carbons (Fsp3) is 0.583. The topological polar surface area (TPSA) is 56.6 Å². The van der Waals surface area contributed by atoms with Gasteiger partial charge in [-0.1, -0.05) is 19.4 Å². The van der Waals surface area contributed by atoms with Crippen LogP contribution in [0.3, 0.4) is 0 Å². The summed E-state index contributed by atoms with van der Waals surface area (Å²) in [6.45, 7) is 3.68. The van der Waals surface area contributed by atoms with Gasteiger partial charge in [-0.2, -0.15) is 0 Å². The molecule has 2 N–H and O–H groups in total. The smallest absolute Gasteiger partial charge is 0.128 e. The first-order chi connectivity index (χ1) is 7.81. The molecule has 0 radical (unpaired) electrons. The van der Waals surface area contributed by atoms with Gasteiger partial charge in [0.05, 0.1) is 18.9 Å². The minimum absolute atomic E-state index is 0.0470.